The van der Waals surface area contributed by atoms with E-state index in [0.717, 1.165) is 38.5 Å². The van der Waals surface area contributed by atoms with Gasteiger partial charge in [0.2, 0.25) is 0 Å². The highest BCUT2D eigenvalue weighted by Crippen LogP contribution is 2.71. The molecule has 2 aromatic rings. The first kappa shape index (κ1) is 43.2. The lowest BCUT2D eigenvalue weighted by Gasteiger charge is -2.54. The molecule has 8 heteroatoms. The van der Waals surface area contributed by atoms with Gasteiger partial charge in [-0.05, 0) is 123 Å². The topological polar surface area (TPSA) is 6.48 Å². The van der Waals surface area contributed by atoms with Crippen LogP contribution in [0.15, 0.2) is 36.4 Å². The fourth-order valence-electron chi connectivity index (χ4n) is 12.0. The number of para-hydroxylation sites is 2. The highest BCUT2D eigenvalue weighted by atomic mass is 35.8. The van der Waals surface area contributed by atoms with Gasteiger partial charge in [0.25, 0.3) is 0 Å². The van der Waals surface area contributed by atoms with Gasteiger partial charge in [-0.15, -0.1) is 44.3 Å². The smallest absolute Gasteiger partial charge is 0.302 e. The first-order chi connectivity index (χ1) is 25.1. The van der Waals surface area contributed by atoms with Crippen LogP contribution < -0.4 is 9.80 Å². The summed E-state index contributed by atoms with van der Waals surface area (Å²) in [4.78, 5) is 5.39. The van der Waals surface area contributed by atoms with E-state index in [1.165, 1.54) is 83.5 Å². The molecule has 6 rings (SSSR count). The molecule has 2 saturated carbocycles. The lowest BCUT2D eigenvalue weighted by Crippen LogP contribution is -2.68. The van der Waals surface area contributed by atoms with Gasteiger partial charge < -0.3 is 9.80 Å². The monoisotopic (exact) mass is 846 g/mol. The van der Waals surface area contributed by atoms with Crippen LogP contribution in [0.2, 0.25) is 0 Å². The molecular weight excluding hydrogens is 779 g/mol. The van der Waals surface area contributed by atoms with Gasteiger partial charge in [0.05, 0.1) is 11.3 Å². The van der Waals surface area contributed by atoms with Gasteiger partial charge in [0, 0.05) is 22.5 Å². The van der Waals surface area contributed by atoms with Crippen molar-refractivity contribution in [3.05, 3.63) is 70.0 Å². The normalized spacial score (nSPS) is 23.3. The number of anilines is 2. The van der Waals surface area contributed by atoms with Gasteiger partial charge in [-0.1, -0.05) is 130 Å². The second-order valence-electron chi connectivity index (χ2n) is 20.4. The maximum atomic E-state index is 8.60. The van der Waals surface area contributed by atoms with Crippen LogP contribution in [0.5, 0.6) is 0 Å². The molecule has 2 aromatic carbocycles. The second-order valence-corrected chi connectivity index (χ2v) is 39.9. The Morgan fingerprint density at radius 3 is 0.963 bits per heavy atom. The van der Waals surface area contributed by atoms with Gasteiger partial charge in [-0.25, -0.2) is 0 Å². The van der Waals surface area contributed by atoms with Crippen molar-refractivity contribution < 1.29 is 0 Å². The number of hydrogen-bond acceptors (Lipinski definition) is 2. The molecule has 2 nitrogen and oxygen atoms in total. The largest absolute Gasteiger partial charge is 0.358 e. The Hall–Kier alpha value is -0.366. The Bertz CT molecular complexity index is 1480. The quantitative estimate of drug-likeness (QED) is 0.183. The van der Waals surface area contributed by atoms with Crippen LogP contribution in [0.4, 0.5) is 11.4 Å². The molecule has 4 fully saturated rings. The van der Waals surface area contributed by atoms with Crippen molar-refractivity contribution in [3.63, 3.8) is 0 Å². The van der Waals surface area contributed by atoms with E-state index in [1.807, 2.05) is 0 Å². The molecule has 2 spiro atoms. The standard InChI is InChI=1S/C46H70Cl4N2Si2/c1-31(2)35-21-19-22-36(32(3)4)39(35)51-41(45(29-43(51,9)10)25-15-13-16-26-45)53(47,48)54(49,50)42-46(27-17-14-18-28-46)30-44(11,12)52(42)40-37(33(5)6)23-20-24-38(40)34(7)8/h19-24,31-34H,13-18,25-30H2,1-12H3. The highest BCUT2D eigenvalue weighted by Gasteiger charge is 2.78. The van der Waals surface area contributed by atoms with Crippen LogP contribution in [0, 0.1) is 22.2 Å². The number of hydrogen-bond donors (Lipinski definition) is 0. The molecule has 4 aliphatic rings. The first-order valence-electron chi connectivity index (χ1n) is 21.4. The van der Waals surface area contributed by atoms with Crippen molar-refractivity contribution >= 4 is 68.1 Å². The van der Waals surface area contributed by atoms with Crippen LogP contribution in [-0.2, 0) is 0 Å². The molecule has 0 aromatic heterocycles. The molecule has 0 bridgehead atoms. The Morgan fingerprint density at radius 2 is 0.722 bits per heavy atom. The summed E-state index contributed by atoms with van der Waals surface area (Å²) in [6.07, 6.45) is 6.23. The van der Waals surface area contributed by atoms with Crippen molar-refractivity contribution in [1.82, 2.24) is 0 Å². The predicted molar refractivity (Wildman–Crippen MR) is 244 cm³/mol. The average molecular weight is 849 g/mol. The fraction of sp³-hybridized carbons (Fsp3) is 0.696. The van der Waals surface area contributed by atoms with E-state index >= 15 is 0 Å². The molecule has 300 valence electrons. The van der Waals surface area contributed by atoms with E-state index in [1.54, 1.807) is 0 Å². The van der Waals surface area contributed by atoms with Crippen LogP contribution in [0.3, 0.4) is 0 Å². The third-order valence-electron chi connectivity index (χ3n) is 13.9. The van der Waals surface area contributed by atoms with Crippen molar-refractivity contribution in [1.29, 1.82) is 0 Å². The second kappa shape index (κ2) is 15.3. The number of halogens is 4. The molecule has 54 heavy (non-hydrogen) atoms. The summed E-state index contributed by atoms with van der Waals surface area (Å²) in [5, 5.41) is 0. The lowest BCUT2D eigenvalue weighted by molar-refractivity contribution is 0.216. The zero-order chi connectivity index (χ0) is 39.8. The minimum absolute atomic E-state index is 0.129. The summed E-state index contributed by atoms with van der Waals surface area (Å²) in [5.74, 6) is 1.34. The molecule has 2 radical (unpaired) electrons. The molecule has 0 amide bonds. The summed E-state index contributed by atoms with van der Waals surface area (Å²) in [6, 6.07) is 13.9. The predicted octanol–water partition coefficient (Wildman–Crippen LogP) is 15.8. The summed E-state index contributed by atoms with van der Waals surface area (Å²) >= 11 is 34.4. The number of rotatable bonds is 9. The zero-order valence-electron chi connectivity index (χ0n) is 35.7. The maximum absolute atomic E-state index is 8.60. The van der Waals surface area contributed by atoms with Crippen molar-refractivity contribution in [3.8, 4) is 0 Å². The van der Waals surface area contributed by atoms with Crippen LogP contribution in [0.1, 0.15) is 206 Å². The highest BCUT2D eigenvalue weighted by molar-refractivity contribution is 7.95. The molecule has 2 aliphatic carbocycles. The number of nitrogens with zero attached hydrogens (tertiary/aromatic N) is 2. The van der Waals surface area contributed by atoms with E-state index in [0.29, 0.717) is 23.7 Å². The lowest BCUT2D eigenvalue weighted by atomic mass is 9.71. The Morgan fingerprint density at radius 1 is 0.463 bits per heavy atom. The summed E-state index contributed by atoms with van der Waals surface area (Å²) in [7, 11) is 0. The summed E-state index contributed by atoms with van der Waals surface area (Å²) in [5.41, 5.74) is 9.87. The summed E-state index contributed by atoms with van der Waals surface area (Å²) < 4.78 is 0. The van der Waals surface area contributed by atoms with Gasteiger partial charge in [0.1, 0.15) is 0 Å². The van der Waals surface area contributed by atoms with Crippen molar-refractivity contribution in [2.45, 2.75) is 195 Å². The van der Waals surface area contributed by atoms with Gasteiger partial charge in [-0.3, -0.25) is 0 Å². The van der Waals surface area contributed by atoms with Gasteiger partial charge in [-0.2, -0.15) is 0 Å². The fourth-order valence-corrected chi connectivity index (χ4v) is 26.6. The molecule has 2 heterocycles. The Kier molecular flexibility index (Phi) is 12.3. The van der Waals surface area contributed by atoms with Crippen molar-refractivity contribution in [2.75, 3.05) is 9.80 Å². The van der Waals surface area contributed by atoms with E-state index in [-0.39, 0.29) is 21.9 Å². The Labute approximate surface area is 351 Å². The zero-order valence-corrected chi connectivity index (χ0v) is 40.7. The van der Waals surface area contributed by atoms with Crippen molar-refractivity contribution in [2.24, 2.45) is 10.8 Å². The molecule has 2 aliphatic heterocycles. The molecule has 2 saturated heterocycles. The van der Waals surface area contributed by atoms with Gasteiger partial charge >= 0.3 is 12.4 Å². The first-order valence-corrected chi connectivity index (χ1v) is 30.5. The minimum Gasteiger partial charge on any atom is -0.358 e. The van der Waals surface area contributed by atoms with E-state index in [9.17, 15) is 0 Å². The SMILES string of the molecule is CC(C)c1cccc(C(C)C)c1N1[C]([Si](Cl)(Cl)[Si](Cl)(Cl)[C]2N(c3c(C(C)C)cccc3C(C)C)C(C)(C)CC23CCCCC3)C2(CCCCC2)CC1(C)C. The molecule has 0 atom stereocenters. The van der Waals surface area contributed by atoms with Crippen LogP contribution in [0.25, 0.3) is 0 Å². The molecule has 0 unspecified atom stereocenters. The van der Waals surface area contributed by atoms with E-state index in [2.05, 4.69) is 129 Å². The average Bonchev–Trinajstić information content (AvgIpc) is 3.45. The Balaban J connectivity index is 1.66. The van der Waals surface area contributed by atoms with E-state index in [4.69, 9.17) is 44.3 Å². The minimum atomic E-state index is -3.73. The maximum Gasteiger partial charge on any atom is 0.302 e. The summed E-state index contributed by atoms with van der Waals surface area (Å²) in [6.45, 7) is 28.4. The van der Waals surface area contributed by atoms with Gasteiger partial charge in [0.15, 0.2) is 0 Å². The van der Waals surface area contributed by atoms with E-state index < -0.39 is 12.4 Å². The molecular formula is C46H70Cl4N2Si2. The third-order valence-corrected chi connectivity index (χ3v) is 37.1. The van der Waals surface area contributed by atoms with Crippen LogP contribution in [-0.4, -0.2) is 23.5 Å². The van der Waals surface area contributed by atoms with Crippen LogP contribution >= 0.6 is 44.3 Å². The molecule has 0 N–H and O–H groups in total. The number of benzene rings is 2. The third kappa shape index (κ3) is 7.09.